The van der Waals surface area contributed by atoms with E-state index in [1.807, 2.05) is 54.8 Å². The summed E-state index contributed by atoms with van der Waals surface area (Å²) in [6, 6.07) is 18.6. The number of nitrogens with one attached hydrogen (secondary N) is 1. The molecular formula is C23H18ClN3O2S. The van der Waals surface area contributed by atoms with Gasteiger partial charge in [0.05, 0.1) is 11.4 Å². The molecule has 30 heavy (non-hydrogen) atoms. The Kier molecular flexibility index (Phi) is 6.07. The molecule has 5 nitrogen and oxygen atoms in total. The van der Waals surface area contributed by atoms with Gasteiger partial charge in [-0.2, -0.15) is 0 Å². The fraction of sp³-hybridized carbons (Fsp3) is 0.0870. The summed E-state index contributed by atoms with van der Waals surface area (Å²) in [5.74, 6) is 0.359. The van der Waals surface area contributed by atoms with E-state index in [-0.39, 0.29) is 12.5 Å². The molecular weight excluding hydrogens is 418 g/mol. The first kappa shape index (κ1) is 20.1. The van der Waals surface area contributed by atoms with Crippen molar-refractivity contribution < 1.29 is 9.53 Å². The lowest BCUT2D eigenvalue weighted by Gasteiger charge is -2.09. The molecule has 150 valence electrons. The van der Waals surface area contributed by atoms with Crippen LogP contribution >= 0.6 is 22.9 Å². The van der Waals surface area contributed by atoms with Crippen LogP contribution in [0.1, 0.15) is 5.56 Å². The van der Waals surface area contributed by atoms with E-state index in [0.717, 1.165) is 27.5 Å². The number of aromatic nitrogens is 2. The predicted octanol–water partition coefficient (Wildman–Crippen LogP) is 5.85. The monoisotopic (exact) mass is 435 g/mol. The number of hydrogen-bond acceptors (Lipinski definition) is 5. The summed E-state index contributed by atoms with van der Waals surface area (Å²) < 4.78 is 5.55. The van der Waals surface area contributed by atoms with Gasteiger partial charge in [0, 0.05) is 27.9 Å². The zero-order valence-electron chi connectivity index (χ0n) is 16.1. The topological polar surface area (TPSA) is 64.1 Å². The average molecular weight is 436 g/mol. The maximum absolute atomic E-state index is 12.3. The fourth-order valence-electron chi connectivity index (χ4n) is 2.82. The van der Waals surface area contributed by atoms with E-state index < -0.39 is 0 Å². The summed E-state index contributed by atoms with van der Waals surface area (Å²) in [4.78, 5) is 21.3. The molecule has 4 rings (SSSR count). The molecule has 0 unspecified atom stereocenters. The minimum absolute atomic E-state index is 0.0914. The molecule has 2 heterocycles. The number of ether oxygens (including phenoxy) is 1. The van der Waals surface area contributed by atoms with Crippen molar-refractivity contribution in [1.29, 1.82) is 0 Å². The highest BCUT2D eigenvalue weighted by atomic mass is 35.5. The predicted molar refractivity (Wildman–Crippen MR) is 121 cm³/mol. The standard InChI is InChI=1S/C23H18ClN3O2S/c1-15-11-18(8-9-19(15)24)29-13-22(28)26-17-6-4-5-16(12-17)21-14-30-23(27-21)20-7-2-3-10-25-20/h2-12,14H,13H2,1H3,(H,26,28). The summed E-state index contributed by atoms with van der Waals surface area (Å²) in [5, 5.41) is 6.36. The smallest absolute Gasteiger partial charge is 0.262 e. The molecule has 0 radical (unpaired) electrons. The molecule has 0 atom stereocenters. The number of anilines is 1. The lowest BCUT2D eigenvalue weighted by Crippen LogP contribution is -2.20. The Hall–Kier alpha value is -3.22. The Morgan fingerprint density at radius 1 is 1.10 bits per heavy atom. The second-order valence-electron chi connectivity index (χ2n) is 6.58. The van der Waals surface area contributed by atoms with Crippen molar-refractivity contribution in [2.75, 3.05) is 11.9 Å². The Morgan fingerprint density at radius 2 is 2.00 bits per heavy atom. The number of carbonyl (C=O) groups excluding carboxylic acids is 1. The highest BCUT2D eigenvalue weighted by Gasteiger charge is 2.10. The molecule has 4 aromatic rings. The number of nitrogens with zero attached hydrogens (tertiary/aromatic N) is 2. The number of carbonyl (C=O) groups is 1. The van der Waals surface area contributed by atoms with E-state index in [1.165, 1.54) is 11.3 Å². The van der Waals surface area contributed by atoms with Crippen LogP contribution in [0.15, 0.2) is 72.2 Å². The third-order valence-corrected chi connectivity index (χ3v) is 5.62. The van der Waals surface area contributed by atoms with Gasteiger partial charge in [-0.25, -0.2) is 4.98 Å². The van der Waals surface area contributed by atoms with Crippen molar-refractivity contribution >= 4 is 34.5 Å². The molecule has 0 saturated carbocycles. The SMILES string of the molecule is Cc1cc(OCC(=O)Nc2cccc(-c3csc(-c4ccccn4)n3)c2)ccc1Cl. The molecule has 0 spiro atoms. The van der Waals surface area contributed by atoms with Crippen LogP contribution in [0.25, 0.3) is 22.0 Å². The fourth-order valence-corrected chi connectivity index (χ4v) is 3.74. The van der Waals surface area contributed by atoms with Gasteiger partial charge < -0.3 is 10.1 Å². The van der Waals surface area contributed by atoms with Gasteiger partial charge in [0.25, 0.3) is 5.91 Å². The van der Waals surface area contributed by atoms with Crippen molar-refractivity contribution in [2.24, 2.45) is 0 Å². The largest absolute Gasteiger partial charge is 0.484 e. The van der Waals surface area contributed by atoms with Crippen molar-refractivity contribution in [2.45, 2.75) is 6.92 Å². The highest BCUT2D eigenvalue weighted by Crippen LogP contribution is 2.29. The van der Waals surface area contributed by atoms with Crippen molar-refractivity contribution in [3.05, 3.63) is 82.8 Å². The van der Waals surface area contributed by atoms with Crippen LogP contribution < -0.4 is 10.1 Å². The Labute approximate surface area is 183 Å². The summed E-state index contributed by atoms with van der Waals surface area (Å²) in [6.07, 6.45) is 1.75. The van der Waals surface area contributed by atoms with E-state index in [4.69, 9.17) is 16.3 Å². The van der Waals surface area contributed by atoms with Gasteiger partial charge in [0.1, 0.15) is 10.8 Å². The van der Waals surface area contributed by atoms with Crippen LogP contribution in [0, 0.1) is 6.92 Å². The molecule has 0 bridgehead atoms. The molecule has 0 saturated heterocycles. The van der Waals surface area contributed by atoms with Crippen LogP contribution in [0.4, 0.5) is 5.69 Å². The van der Waals surface area contributed by atoms with Gasteiger partial charge in [-0.3, -0.25) is 9.78 Å². The quantitative estimate of drug-likeness (QED) is 0.412. The average Bonchev–Trinajstić information content (AvgIpc) is 3.26. The van der Waals surface area contributed by atoms with Crippen LogP contribution in [0.2, 0.25) is 5.02 Å². The molecule has 7 heteroatoms. The number of amides is 1. The first-order valence-electron chi connectivity index (χ1n) is 9.25. The second-order valence-corrected chi connectivity index (χ2v) is 7.85. The van der Waals surface area contributed by atoms with E-state index in [1.54, 1.807) is 24.4 Å². The lowest BCUT2D eigenvalue weighted by molar-refractivity contribution is -0.118. The summed E-state index contributed by atoms with van der Waals surface area (Å²) in [6.45, 7) is 1.80. The van der Waals surface area contributed by atoms with Gasteiger partial charge in [0.2, 0.25) is 0 Å². The van der Waals surface area contributed by atoms with Crippen LogP contribution in [0.5, 0.6) is 5.75 Å². The van der Waals surface area contributed by atoms with Crippen LogP contribution in [-0.4, -0.2) is 22.5 Å². The van der Waals surface area contributed by atoms with E-state index in [2.05, 4.69) is 15.3 Å². The number of aryl methyl sites for hydroxylation is 1. The first-order valence-corrected chi connectivity index (χ1v) is 10.5. The maximum atomic E-state index is 12.3. The summed E-state index contributed by atoms with van der Waals surface area (Å²) in [7, 11) is 0. The molecule has 2 aromatic heterocycles. The van der Waals surface area contributed by atoms with E-state index in [0.29, 0.717) is 16.5 Å². The van der Waals surface area contributed by atoms with Gasteiger partial charge in [-0.15, -0.1) is 11.3 Å². The molecule has 0 aliphatic heterocycles. The number of hydrogen-bond donors (Lipinski definition) is 1. The maximum Gasteiger partial charge on any atom is 0.262 e. The Morgan fingerprint density at radius 3 is 2.80 bits per heavy atom. The molecule has 1 N–H and O–H groups in total. The minimum Gasteiger partial charge on any atom is -0.484 e. The van der Waals surface area contributed by atoms with E-state index in [9.17, 15) is 4.79 Å². The zero-order chi connectivity index (χ0) is 20.9. The normalized spacial score (nSPS) is 10.6. The van der Waals surface area contributed by atoms with Crippen LogP contribution in [-0.2, 0) is 4.79 Å². The number of rotatable bonds is 6. The number of pyridine rings is 1. The van der Waals surface area contributed by atoms with E-state index >= 15 is 0 Å². The first-order chi connectivity index (χ1) is 14.6. The second kappa shape index (κ2) is 9.07. The number of benzene rings is 2. The summed E-state index contributed by atoms with van der Waals surface area (Å²) in [5.41, 5.74) is 4.18. The van der Waals surface area contributed by atoms with Gasteiger partial charge in [-0.05, 0) is 55.0 Å². The third-order valence-electron chi connectivity index (χ3n) is 4.33. The molecule has 2 aromatic carbocycles. The van der Waals surface area contributed by atoms with Crippen molar-refractivity contribution in [3.8, 4) is 27.7 Å². The number of halogens is 1. The summed E-state index contributed by atoms with van der Waals surface area (Å²) >= 11 is 7.54. The van der Waals surface area contributed by atoms with Gasteiger partial charge >= 0.3 is 0 Å². The van der Waals surface area contributed by atoms with Crippen molar-refractivity contribution in [1.82, 2.24) is 9.97 Å². The minimum atomic E-state index is -0.243. The Balaban J connectivity index is 1.41. The molecule has 1 amide bonds. The molecule has 0 aliphatic rings. The highest BCUT2D eigenvalue weighted by molar-refractivity contribution is 7.13. The van der Waals surface area contributed by atoms with Gasteiger partial charge in [-0.1, -0.05) is 29.8 Å². The van der Waals surface area contributed by atoms with Crippen LogP contribution in [0.3, 0.4) is 0 Å². The third kappa shape index (κ3) is 4.84. The Bertz CT molecular complexity index is 1180. The molecule has 0 aliphatic carbocycles. The lowest BCUT2D eigenvalue weighted by atomic mass is 10.1. The van der Waals surface area contributed by atoms with Gasteiger partial charge in [0.15, 0.2) is 6.61 Å². The molecule has 0 fully saturated rings. The van der Waals surface area contributed by atoms with Crippen molar-refractivity contribution in [3.63, 3.8) is 0 Å². The zero-order valence-corrected chi connectivity index (χ0v) is 17.7. The number of thiazole rings is 1.